The Kier molecular flexibility index (Phi) is 7.97. The average molecular weight is 809 g/mol. The van der Waals surface area contributed by atoms with E-state index in [1.165, 1.54) is 4.90 Å². The topological polar surface area (TPSA) is 167 Å². The minimum Gasteiger partial charge on any atom is -0.490 e. The Morgan fingerprint density at radius 3 is 2.73 bits per heavy atom. The first-order valence-corrected chi connectivity index (χ1v) is 19.9. The number of nitriles is 1. The Bertz CT molecular complexity index is 2500. The average Bonchev–Trinajstić information content (AvgIpc) is 3.65. The Labute approximate surface area is 312 Å². The number of alkyl halides is 4. The summed E-state index contributed by atoms with van der Waals surface area (Å²) < 4.78 is 130. The van der Waals surface area contributed by atoms with E-state index in [-0.39, 0.29) is 65.6 Å². The van der Waals surface area contributed by atoms with Crippen LogP contribution in [0.4, 0.5) is 37.2 Å². The predicted molar refractivity (Wildman–Crippen MR) is 187 cm³/mol. The smallest absolute Gasteiger partial charge is 0.420 e. The highest BCUT2D eigenvalue weighted by atomic mass is 32.2. The second kappa shape index (κ2) is 12.2. The summed E-state index contributed by atoms with van der Waals surface area (Å²) in [6.07, 6.45) is -4.71. The number of carbonyl (C=O) groups is 1. The number of nitrogens with zero attached hydrogens (tertiary/aromatic N) is 6. The lowest BCUT2D eigenvalue weighted by atomic mass is 9.91. The number of thiophene rings is 1. The number of aromatic nitrogens is 2. The van der Waals surface area contributed by atoms with Gasteiger partial charge >= 0.3 is 12.2 Å². The number of ether oxygens (including phenoxy) is 2. The first-order valence-electron chi connectivity index (χ1n) is 17.3. The monoisotopic (exact) mass is 808 g/mol. The Morgan fingerprint density at radius 1 is 1.24 bits per heavy atom. The number of fused-ring (bicyclic) bond motifs is 4. The van der Waals surface area contributed by atoms with Crippen molar-refractivity contribution in [1.29, 1.82) is 5.26 Å². The zero-order chi connectivity index (χ0) is 38.9. The van der Waals surface area contributed by atoms with Crippen LogP contribution in [-0.4, -0.2) is 103 Å². The number of rotatable bonds is 7. The van der Waals surface area contributed by atoms with Gasteiger partial charge in [-0.25, -0.2) is 21.6 Å². The number of hydrogen-bond donors (Lipinski definition) is 2. The van der Waals surface area contributed by atoms with E-state index in [0.29, 0.717) is 24.3 Å². The molecule has 290 valence electrons. The second-order valence-corrected chi connectivity index (χ2v) is 17.5. The van der Waals surface area contributed by atoms with Gasteiger partial charge in [0, 0.05) is 36.9 Å². The molecule has 2 aromatic heterocycles. The third kappa shape index (κ3) is 5.54. The van der Waals surface area contributed by atoms with Crippen molar-refractivity contribution in [2.45, 2.75) is 61.8 Å². The number of sulfonamides is 1. The van der Waals surface area contributed by atoms with Gasteiger partial charge in [0.2, 0.25) is 15.9 Å². The van der Waals surface area contributed by atoms with Gasteiger partial charge in [0.05, 0.1) is 33.5 Å². The SMILES string of the molecule is CS(=O)(=O)N1CC1C(=O)NC1CC2COc3c(C(F)(F)F)c(-c4ccc(F)c5sc(N)c(C#N)c45)c(F)c4nc(OC[C@@]56CCCN5C[C@H](F)C6)nc(c34)N21. The van der Waals surface area contributed by atoms with E-state index in [2.05, 4.69) is 15.3 Å². The zero-order valence-electron chi connectivity index (χ0n) is 28.7. The number of halogens is 6. The van der Waals surface area contributed by atoms with Crippen LogP contribution in [0.1, 0.15) is 36.8 Å². The summed E-state index contributed by atoms with van der Waals surface area (Å²) in [7, 11) is -3.67. The maximum atomic E-state index is 17.4. The maximum absolute atomic E-state index is 17.4. The predicted octanol–water partition coefficient (Wildman–Crippen LogP) is 4.27. The standard InChI is InChI=1S/C34H30F6N8O5S2/c1-55(50,51)47-11-19(47)31(49)43-20-7-15-12-52-27-23-26(44-32(45-30(23)48(15)20)53-13-33-5-2-6-46(33)10-14(35)8-33)25(37)22(24(27)34(38,39)40)16-3-4-18(36)28-21(16)17(9-41)29(42)54-28/h3-4,14-15,19-20H,2,5-8,10-13,42H2,1H3,(H,43,49)/t14-,15?,19?,20?,33+,47?/m1/s1. The molecule has 0 aliphatic carbocycles. The molecule has 4 saturated heterocycles. The van der Waals surface area contributed by atoms with Crippen LogP contribution in [0.3, 0.4) is 0 Å². The van der Waals surface area contributed by atoms with Crippen molar-refractivity contribution >= 4 is 59.1 Å². The highest BCUT2D eigenvalue weighted by molar-refractivity contribution is 7.88. The van der Waals surface area contributed by atoms with Gasteiger partial charge in [-0.1, -0.05) is 6.07 Å². The summed E-state index contributed by atoms with van der Waals surface area (Å²) in [5.41, 5.74) is 1.17. The number of nitrogen functional groups attached to an aromatic ring is 1. The van der Waals surface area contributed by atoms with Gasteiger partial charge in [-0.3, -0.25) is 9.69 Å². The number of anilines is 2. The van der Waals surface area contributed by atoms with Crippen molar-refractivity contribution in [3.05, 3.63) is 34.9 Å². The summed E-state index contributed by atoms with van der Waals surface area (Å²) in [6, 6.07) is 1.46. The van der Waals surface area contributed by atoms with Crippen molar-refractivity contribution in [3.8, 4) is 29.0 Å². The molecular formula is C34H30F6N8O5S2. The molecule has 5 aliphatic rings. The summed E-state index contributed by atoms with van der Waals surface area (Å²) in [5, 5.41) is 11.7. The minimum absolute atomic E-state index is 0.0517. The van der Waals surface area contributed by atoms with E-state index in [1.54, 1.807) is 6.07 Å². The molecule has 0 bridgehead atoms. The van der Waals surface area contributed by atoms with Crippen molar-refractivity contribution in [2.24, 2.45) is 0 Å². The van der Waals surface area contributed by atoms with E-state index in [9.17, 15) is 22.9 Å². The molecule has 13 nitrogen and oxygen atoms in total. The van der Waals surface area contributed by atoms with Crippen LogP contribution in [0.15, 0.2) is 12.1 Å². The molecule has 0 saturated carbocycles. The zero-order valence-corrected chi connectivity index (χ0v) is 30.3. The Balaban J connectivity index is 1.24. The summed E-state index contributed by atoms with van der Waals surface area (Å²) in [4.78, 5) is 25.4. The lowest BCUT2D eigenvalue weighted by Gasteiger charge is -2.48. The Hall–Kier alpha value is -4.65. The van der Waals surface area contributed by atoms with Crippen molar-refractivity contribution < 1.29 is 49.0 Å². The van der Waals surface area contributed by atoms with Crippen LogP contribution in [0.25, 0.3) is 32.1 Å². The number of nitrogens with one attached hydrogen (secondary N) is 1. The quantitative estimate of drug-likeness (QED) is 0.202. The maximum Gasteiger partial charge on any atom is 0.420 e. The molecular weight excluding hydrogens is 779 g/mol. The van der Waals surface area contributed by atoms with Crippen LogP contribution in [0, 0.1) is 23.0 Å². The van der Waals surface area contributed by atoms with Gasteiger partial charge in [-0.2, -0.15) is 32.7 Å². The first-order chi connectivity index (χ1) is 26.0. The fourth-order valence-corrected chi connectivity index (χ4v) is 10.6. The minimum atomic E-state index is -5.30. The fourth-order valence-electron chi connectivity index (χ4n) is 8.68. The third-order valence-corrected chi connectivity index (χ3v) is 13.5. The fraction of sp³-hybridized carbons (Fsp3) is 0.471. The molecule has 4 unspecified atom stereocenters. The molecule has 55 heavy (non-hydrogen) atoms. The molecule has 4 aromatic rings. The third-order valence-electron chi connectivity index (χ3n) is 11.2. The highest BCUT2D eigenvalue weighted by Gasteiger charge is 2.53. The van der Waals surface area contributed by atoms with Gasteiger partial charge in [0.1, 0.15) is 71.1 Å². The normalized spacial score (nSPS) is 27.2. The highest BCUT2D eigenvalue weighted by Crippen LogP contribution is 2.55. The lowest BCUT2D eigenvalue weighted by Crippen LogP contribution is -2.66. The summed E-state index contributed by atoms with van der Waals surface area (Å²) in [5.74, 6) is -4.12. The van der Waals surface area contributed by atoms with E-state index in [0.717, 1.165) is 29.1 Å². The lowest BCUT2D eigenvalue weighted by molar-refractivity contribution is -0.138. The second-order valence-electron chi connectivity index (χ2n) is 14.5. The van der Waals surface area contributed by atoms with Gasteiger partial charge < -0.3 is 25.4 Å². The summed E-state index contributed by atoms with van der Waals surface area (Å²) >= 11 is 0.630. The number of carbonyl (C=O) groups excluding carboxylic acids is 1. The molecule has 9 rings (SSSR count). The Morgan fingerprint density at radius 2 is 2.02 bits per heavy atom. The molecule has 21 heteroatoms. The van der Waals surface area contributed by atoms with Crippen LogP contribution in [0.5, 0.6) is 11.8 Å². The van der Waals surface area contributed by atoms with Crippen LogP contribution in [0.2, 0.25) is 0 Å². The molecule has 3 N–H and O–H groups in total. The van der Waals surface area contributed by atoms with Crippen molar-refractivity contribution in [3.63, 3.8) is 0 Å². The van der Waals surface area contributed by atoms with E-state index >= 15 is 22.0 Å². The van der Waals surface area contributed by atoms with E-state index in [4.69, 9.17) is 15.2 Å². The van der Waals surface area contributed by atoms with Gasteiger partial charge in [-0.15, -0.1) is 11.3 Å². The number of hydrogen-bond acceptors (Lipinski definition) is 12. The van der Waals surface area contributed by atoms with Gasteiger partial charge in [-0.05, 0) is 31.0 Å². The van der Waals surface area contributed by atoms with Crippen LogP contribution < -0.4 is 25.4 Å². The van der Waals surface area contributed by atoms with Gasteiger partial charge in [0.15, 0.2) is 5.82 Å². The first kappa shape index (κ1) is 36.0. The molecule has 4 fully saturated rings. The van der Waals surface area contributed by atoms with Crippen molar-refractivity contribution in [2.75, 3.05) is 49.7 Å². The number of amides is 1. The van der Waals surface area contributed by atoms with Gasteiger partial charge in [0.25, 0.3) is 0 Å². The summed E-state index contributed by atoms with van der Waals surface area (Å²) in [6.45, 7) is 0.284. The molecule has 0 radical (unpaired) electrons. The molecule has 7 heterocycles. The molecule has 6 atom stereocenters. The number of benzene rings is 2. The van der Waals surface area contributed by atoms with E-state index < -0.39 is 103 Å². The van der Waals surface area contributed by atoms with Crippen LogP contribution >= 0.6 is 11.3 Å². The van der Waals surface area contributed by atoms with Crippen LogP contribution in [-0.2, 0) is 21.0 Å². The van der Waals surface area contributed by atoms with Crippen molar-refractivity contribution in [1.82, 2.24) is 24.5 Å². The molecule has 1 amide bonds. The molecule has 2 aromatic carbocycles. The number of nitrogens with two attached hydrogens (primary N) is 1. The molecule has 0 spiro atoms. The molecule has 5 aliphatic heterocycles. The van der Waals surface area contributed by atoms with E-state index in [1.807, 2.05) is 4.90 Å². The largest absolute Gasteiger partial charge is 0.490 e.